The highest BCUT2D eigenvalue weighted by Gasteiger charge is 2.21. The number of halogens is 2. The number of aromatic nitrogens is 2. The SMILES string of the molecule is Cl.Cl.O=S(=O)(NCCN1CCNCC1)c1cn2c(n1)CCCC2. The van der Waals surface area contributed by atoms with E-state index in [1.54, 1.807) is 6.20 Å². The highest BCUT2D eigenvalue weighted by molar-refractivity contribution is 7.89. The Morgan fingerprint density at radius 1 is 1.17 bits per heavy atom. The van der Waals surface area contributed by atoms with Crippen LogP contribution in [0.25, 0.3) is 0 Å². The van der Waals surface area contributed by atoms with Crippen molar-refractivity contribution in [1.82, 2.24) is 24.5 Å². The van der Waals surface area contributed by atoms with Gasteiger partial charge in [0.05, 0.1) is 0 Å². The minimum atomic E-state index is -3.48. The second-order valence-electron chi connectivity index (χ2n) is 5.64. The predicted octanol–water partition coefficient (Wildman–Crippen LogP) is 0.246. The van der Waals surface area contributed by atoms with Crippen LogP contribution in [-0.4, -0.2) is 62.1 Å². The fraction of sp³-hybridized carbons (Fsp3) is 0.769. The summed E-state index contributed by atoms with van der Waals surface area (Å²) in [6.07, 6.45) is 4.73. The molecule has 2 N–H and O–H groups in total. The summed E-state index contributed by atoms with van der Waals surface area (Å²) in [5.74, 6) is 0.892. The average molecular weight is 386 g/mol. The molecule has 1 saturated heterocycles. The van der Waals surface area contributed by atoms with Crippen LogP contribution in [0.15, 0.2) is 11.2 Å². The highest BCUT2D eigenvalue weighted by atomic mass is 35.5. The number of nitrogens with zero attached hydrogens (tertiary/aromatic N) is 3. The first-order valence-corrected chi connectivity index (χ1v) is 9.12. The van der Waals surface area contributed by atoms with Crippen LogP contribution in [0.3, 0.4) is 0 Å². The Balaban J connectivity index is 0.00000132. The van der Waals surface area contributed by atoms with Crippen molar-refractivity contribution in [2.24, 2.45) is 0 Å². The van der Waals surface area contributed by atoms with Gasteiger partial charge in [0, 0.05) is 58.4 Å². The number of rotatable bonds is 5. The third kappa shape index (κ3) is 5.30. The van der Waals surface area contributed by atoms with Crippen LogP contribution in [-0.2, 0) is 23.0 Å². The zero-order valence-corrected chi connectivity index (χ0v) is 15.5. The quantitative estimate of drug-likeness (QED) is 0.759. The number of sulfonamides is 1. The lowest BCUT2D eigenvalue weighted by Crippen LogP contribution is -2.46. The molecule has 0 saturated carbocycles. The molecule has 0 aliphatic carbocycles. The molecule has 0 aromatic carbocycles. The van der Waals surface area contributed by atoms with E-state index in [1.807, 2.05) is 4.57 Å². The summed E-state index contributed by atoms with van der Waals surface area (Å²) < 4.78 is 29.2. The van der Waals surface area contributed by atoms with E-state index in [2.05, 4.69) is 19.9 Å². The molecule has 1 fully saturated rings. The van der Waals surface area contributed by atoms with E-state index in [4.69, 9.17) is 0 Å². The molecule has 2 aliphatic rings. The zero-order chi connectivity index (χ0) is 14.7. The molecule has 0 bridgehead atoms. The maximum atomic E-state index is 12.3. The Morgan fingerprint density at radius 2 is 1.91 bits per heavy atom. The molecule has 7 nitrogen and oxygen atoms in total. The first-order valence-electron chi connectivity index (χ1n) is 7.64. The maximum absolute atomic E-state index is 12.3. The van der Waals surface area contributed by atoms with Gasteiger partial charge in [-0.05, 0) is 12.8 Å². The second kappa shape index (κ2) is 9.19. The van der Waals surface area contributed by atoms with Crippen LogP contribution in [0.1, 0.15) is 18.7 Å². The Morgan fingerprint density at radius 3 is 2.61 bits per heavy atom. The van der Waals surface area contributed by atoms with Crippen molar-refractivity contribution in [3.8, 4) is 0 Å². The lowest BCUT2D eigenvalue weighted by molar-refractivity contribution is 0.245. The van der Waals surface area contributed by atoms with Crippen molar-refractivity contribution in [1.29, 1.82) is 0 Å². The molecular formula is C13H25Cl2N5O2S. The number of piperazine rings is 1. The summed E-state index contributed by atoms with van der Waals surface area (Å²) in [6, 6.07) is 0. The van der Waals surface area contributed by atoms with E-state index in [0.717, 1.165) is 64.4 Å². The van der Waals surface area contributed by atoms with E-state index < -0.39 is 10.0 Å². The number of hydrogen-bond acceptors (Lipinski definition) is 5. The van der Waals surface area contributed by atoms with Crippen molar-refractivity contribution in [2.75, 3.05) is 39.3 Å². The summed E-state index contributed by atoms with van der Waals surface area (Å²) >= 11 is 0. The van der Waals surface area contributed by atoms with E-state index in [-0.39, 0.29) is 29.8 Å². The number of fused-ring (bicyclic) bond motifs is 1. The van der Waals surface area contributed by atoms with Crippen LogP contribution < -0.4 is 10.0 Å². The van der Waals surface area contributed by atoms with Crippen molar-refractivity contribution in [3.63, 3.8) is 0 Å². The number of nitrogens with one attached hydrogen (secondary N) is 2. The van der Waals surface area contributed by atoms with Gasteiger partial charge in [-0.3, -0.25) is 4.90 Å². The van der Waals surface area contributed by atoms with E-state index in [0.29, 0.717) is 6.54 Å². The van der Waals surface area contributed by atoms with Crippen LogP contribution in [0, 0.1) is 0 Å². The molecule has 134 valence electrons. The summed E-state index contributed by atoms with van der Waals surface area (Å²) in [6.45, 7) is 5.94. The molecule has 0 radical (unpaired) electrons. The molecule has 0 atom stereocenters. The molecule has 0 spiro atoms. The maximum Gasteiger partial charge on any atom is 0.259 e. The smallest absolute Gasteiger partial charge is 0.259 e. The second-order valence-corrected chi connectivity index (χ2v) is 7.35. The van der Waals surface area contributed by atoms with Gasteiger partial charge < -0.3 is 9.88 Å². The van der Waals surface area contributed by atoms with Crippen molar-refractivity contribution < 1.29 is 8.42 Å². The normalized spacial score (nSPS) is 18.6. The summed E-state index contributed by atoms with van der Waals surface area (Å²) in [5.41, 5.74) is 0. The standard InChI is InChI=1S/C13H23N5O2S.2ClH/c19-21(20,15-6-10-17-8-4-14-5-9-17)13-11-18-7-2-1-3-12(18)16-13;;/h11,14-15H,1-10H2;2*1H. The first-order chi connectivity index (χ1) is 10.1. The molecule has 0 unspecified atom stereocenters. The molecule has 1 aromatic rings. The molecule has 3 heterocycles. The van der Waals surface area contributed by atoms with Gasteiger partial charge in [-0.15, -0.1) is 24.8 Å². The van der Waals surface area contributed by atoms with Gasteiger partial charge in [-0.1, -0.05) is 0 Å². The van der Waals surface area contributed by atoms with Gasteiger partial charge in [0.15, 0.2) is 5.03 Å². The third-order valence-electron chi connectivity index (χ3n) is 4.09. The van der Waals surface area contributed by atoms with Crippen molar-refractivity contribution in [2.45, 2.75) is 30.8 Å². The van der Waals surface area contributed by atoms with Gasteiger partial charge >= 0.3 is 0 Å². The van der Waals surface area contributed by atoms with Crippen molar-refractivity contribution in [3.05, 3.63) is 12.0 Å². The summed E-state index contributed by atoms with van der Waals surface area (Å²) in [7, 11) is -3.48. The van der Waals surface area contributed by atoms with Gasteiger partial charge in [-0.25, -0.2) is 18.1 Å². The molecule has 3 rings (SSSR count). The van der Waals surface area contributed by atoms with Crippen LogP contribution in [0.4, 0.5) is 0 Å². The highest BCUT2D eigenvalue weighted by Crippen LogP contribution is 2.17. The lowest BCUT2D eigenvalue weighted by Gasteiger charge is -2.26. The zero-order valence-electron chi connectivity index (χ0n) is 13.0. The lowest BCUT2D eigenvalue weighted by atomic mass is 10.2. The Kier molecular flexibility index (Phi) is 8.26. The van der Waals surface area contributed by atoms with E-state index >= 15 is 0 Å². The van der Waals surface area contributed by atoms with E-state index in [1.165, 1.54) is 0 Å². The molecule has 23 heavy (non-hydrogen) atoms. The molecule has 2 aliphatic heterocycles. The average Bonchev–Trinajstić information content (AvgIpc) is 2.93. The van der Waals surface area contributed by atoms with Gasteiger partial charge in [0.25, 0.3) is 10.0 Å². The number of hydrogen-bond donors (Lipinski definition) is 2. The number of imidazole rings is 1. The number of aryl methyl sites for hydroxylation is 2. The van der Waals surface area contributed by atoms with Crippen LogP contribution in [0.2, 0.25) is 0 Å². The Bertz CT molecular complexity index is 564. The fourth-order valence-electron chi connectivity index (χ4n) is 2.86. The first kappa shape index (κ1) is 20.7. The summed E-state index contributed by atoms with van der Waals surface area (Å²) in [4.78, 5) is 6.54. The van der Waals surface area contributed by atoms with Gasteiger partial charge in [0.1, 0.15) is 5.82 Å². The Hall–Kier alpha value is -0.380. The van der Waals surface area contributed by atoms with Crippen LogP contribution >= 0.6 is 24.8 Å². The van der Waals surface area contributed by atoms with Gasteiger partial charge in [-0.2, -0.15) is 0 Å². The molecule has 10 heteroatoms. The van der Waals surface area contributed by atoms with Crippen molar-refractivity contribution >= 4 is 34.8 Å². The third-order valence-corrected chi connectivity index (χ3v) is 5.42. The largest absolute Gasteiger partial charge is 0.333 e. The molecular weight excluding hydrogens is 361 g/mol. The fourth-order valence-corrected chi connectivity index (χ4v) is 3.86. The minimum Gasteiger partial charge on any atom is -0.333 e. The monoisotopic (exact) mass is 385 g/mol. The van der Waals surface area contributed by atoms with Gasteiger partial charge in [0.2, 0.25) is 0 Å². The molecule has 0 amide bonds. The van der Waals surface area contributed by atoms with E-state index in [9.17, 15) is 8.42 Å². The van der Waals surface area contributed by atoms with Crippen LogP contribution in [0.5, 0.6) is 0 Å². The minimum absolute atomic E-state index is 0. The predicted molar refractivity (Wildman–Crippen MR) is 94.2 cm³/mol. The molecule has 1 aromatic heterocycles. The topological polar surface area (TPSA) is 79.3 Å². The Labute approximate surface area is 150 Å². The summed E-state index contributed by atoms with van der Waals surface area (Å²) in [5, 5.41) is 3.45.